The highest BCUT2D eigenvalue weighted by Gasteiger charge is 2.34. The number of carbonyl (C=O) groups excluding carboxylic acids is 1. The Labute approximate surface area is 163 Å². The fourth-order valence-electron chi connectivity index (χ4n) is 2.30. The number of nitrogens with zero attached hydrogens (tertiary/aromatic N) is 1. The van der Waals surface area contributed by atoms with Crippen LogP contribution in [0.3, 0.4) is 0 Å². The number of likely N-dealkylation sites (N-methyl/N-ethyl adjacent to an activating group) is 1. The summed E-state index contributed by atoms with van der Waals surface area (Å²) in [6.07, 6.45) is -4.53. The maximum atomic E-state index is 13.5. The van der Waals surface area contributed by atoms with Crippen molar-refractivity contribution >= 4 is 11.9 Å². The van der Waals surface area contributed by atoms with E-state index < -0.39 is 17.3 Å². The van der Waals surface area contributed by atoms with Crippen LogP contribution in [-0.4, -0.2) is 37.1 Å². The first-order chi connectivity index (χ1) is 13.0. The number of alkyl halides is 3. The molecule has 1 rings (SSSR count). The number of ether oxygens (including phenoxy) is 1. The smallest absolute Gasteiger partial charge is 0.416 e. The van der Waals surface area contributed by atoms with Gasteiger partial charge in [0, 0.05) is 13.1 Å². The lowest BCUT2D eigenvalue weighted by molar-refractivity contribution is -0.138. The van der Waals surface area contributed by atoms with Crippen molar-refractivity contribution in [3.05, 3.63) is 29.3 Å². The molecule has 0 fully saturated rings. The summed E-state index contributed by atoms with van der Waals surface area (Å²) in [6.45, 7) is 9.69. The normalized spacial score (nSPS) is 12.5. The maximum Gasteiger partial charge on any atom is 0.416 e. The van der Waals surface area contributed by atoms with Gasteiger partial charge in [-0.1, -0.05) is 6.07 Å². The lowest BCUT2D eigenvalue weighted by Crippen LogP contribution is -2.43. The molecule has 28 heavy (non-hydrogen) atoms. The van der Waals surface area contributed by atoms with Gasteiger partial charge in [0.1, 0.15) is 11.4 Å². The predicted octanol–water partition coefficient (Wildman–Crippen LogP) is 3.07. The summed E-state index contributed by atoms with van der Waals surface area (Å²) in [5, 5.41) is 8.32. The summed E-state index contributed by atoms with van der Waals surface area (Å²) in [5.41, 5.74) is -1.38. The van der Waals surface area contributed by atoms with Crippen molar-refractivity contribution in [1.82, 2.24) is 16.0 Å². The zero-order chi connectivity index (χ0) is 21.4. The number of rotatable bonds is 7. The minimum absolute atomic E-state index is 0.0176. The predicted molar refractivity (Wildman–Crippen MR) is 103 cm³/mol. The topological polar surface area (TPSA) is 74.8 Å². The number of amides is 1. The molecule has 0 aliphatic carbocycles. The molecule has 1 aromatic rings. The quantitative estimate of drug-likeness (QED) is 0.484. The van der Waals surface area contributed by atoms with Gasteiger partial charge < -0.3 is 20.7 Å². The van der Waals surface area contributed by atoms with Gasteiger partial charge in [-0.3, -0.25) is 4.79 Å². The van der Waals surface area contributed by atoms with Crippen LogP contribution < -0.4 is 20.7 Å². The summed E-state index contributed by atoms with van der Waals surface area (Å²) in [4.78, 5) is 15.7. The zero-order valence-corrected chi connectivity index (χ0v) is 17.0. The molecule has 0 aromatic heterocycles. The Hall–Kier alpha value is -2.45. The molecule has 0 spiro atoms. The van der Waals surface area contributed by atoms with Crippen molar-refractivity contribution in [1.29, 1.82) is 0 Å². The van der Waals surface area contributed by atoms with Crippen LogP contribution in [0.5, 0.6) is 5.75 Å². The Balaban J connectivity index is 3.03. The second kappa shape index (κ2) is 10.2. The van der Waals surface area contributed by atoms with Gasteiger partial charge in [0.15, 0.2) is 5.96 Å². The summed E-state index contributed by atoms with van der Waals surface area (Å²) in [5.74, 6) is 0.179. The molecule has 0 aliphatic rings. The van der Waals surface area contributed by atoms with Crippen LogP contribution in [0.15, 0.2) is 23.2 Å². The molecular formula is C19H29F3N4O2. The van der Waals surface area contributed by atoms with E-state index in [2.05, 4.69) is 20.9 Å². The Morgan fingerprint density at radius 2 is 1.71 bits per heavy atom. The fraction of sp³-hybridized carbons (Fsp3) is 0.579. The third kappa shape index (κ3) is 8.49. The molecule has 1 amide bonds. The van der Waals surface area contributed by atoms with Gasteiger partial charge in [-0.05, 0) is 52.3 Å². The molecule has 0 bridgehead atoms. The van der Waals surface area contributed by atoms with Crippen LogP contribution in [0, 0.1) is 0 Å². The number of carbonyl (C=O) groups is 1. The van der Waals surface area contributed by atoms with Crippen molar-refractivity contribution in [3.63, 3.8) is 0 Å². The lowest BCUT2D eigenvalue weighted by Gasteiger charge is -2.22. The summed E-state index contributed by atoms with van der Waals surface area (Å²) in [6, 6.07) is 3.85. The lowest BCUT2D eigenvalue weighted by atomic mass is 10.1. The molecule has 0 aliphatic heterocycles. The second-order valence-corrected chi connectivity index (χ2v) is 7.03. The Morgan fingerprint density at radius 1 is 1.07 bits per heavy atom. The molecule has 3 N–H and O–H groups in total. The average molecular weight is 402 g/mol. The second-order valence-electron chi connectivity index (χ2n) is 7.03. The van der Waals surface area contributed by atoms with Crippen LogP contribution in [0.4, 0.5) is 13.2 Å². The minimum atomic E-state index is -4.53. The van der Waals surface area contributed by atoms with Crippen molar-refractivity contribution in [2.24, 2.45) is 4.99 Å². The van der Waals surface area contributed by atoms with E-state index in [0.29, 0.717) is 13.1 Å². The zero-order valence-electron chi connectivity index (χ0n) is 17.0. The Kier molecular flexibility index (Phi) is 8.59. The van der Waals surface area contributed by atoms with E-state index in [9.17, 15) is 18.0 Å². The van der Waals surface area contributed by atoms with Crippen LogP contribution in [-0.2, 0) is 17.5 Å². The number of aliphatic imine (C=N–C) groups is 1. The van der Waals surface area contributed by atoms with Gasteiger partial charge in [-0.15, -0.1) is 0 Å². The van der Waals surface area contributed by atoms with Crippen LogP contribution in [0.25, 0.3) is 0 Å². The highest BCUT2D eigenvalue weighted by molar-refractivity contribution is 5.86. The molecule has 0 radical (unpaired) electrons. The van der Waals surface area contributed by atoms with Gasteiger partial charge in [0.25, 0.3) is 0 Å². The first-order valence-electron chi connectivity index (χ1n) is 9.14. The molecule has 0 saturated carbocycles. The molecule has 0 saturated heterocycles. The average Bonchev–Trinajstić information content (AvgIpc) is 2.56. The fourth-order valence-corrected chi connectivity index (χ4v) is 2.30. The molecular weight excluding hydrogens is 373 g/mol. The van der Waals surface area contributed by atoms with Crippen molar-refractivity contribution < 1.29 is 22.7 Å². The molecule has 0 atom stereocenters. The molecule has 9 heteroatoms. The van der Waals surface area contributed by atoms with Gasteiger partial charge in [0.2, 0.25) is 5.91 Å². The Morgan fingerprint density at radius 3 is 2.25 bits per heavy atom. The van der Waals surface area contributed by atoms with Crippen LogP contribution in [0.1, 0.15) is 45.7 Å². The van der Waals surface area contributed by atoms with Gasteiger partial charge >= 0.3 is 6.18 Å². The third-order valence-corrected chi connectivity index (χ3v) is 3.35. The molecule has 158 valence electrons. The Bertz CT molecular complexity index is 683. The monoisotopic (exact) mass is 402 g/mol. The number of halogens is 3. The molecule has 6 nitrogen and oxygen atoms in total. The van der Waals surface area contributed by atoms with E-state index in [1.807, 2.05) is 6.92 Å². The number of hydrogen-bond donors (Lipinski definition) is 3. The third-order valence-electron chi connectivity index (χ3n) is 3.35. The standard InChI is InChI=1S/C19H29F3N4O2/c1-6-23-16(27)12-26-17(24-7-2)25-11-13-8-9-14(28-18(3,4)5)10-15(13)19(20,21)22/h8-10H,6-7,11-12H2,1-5H3,(H,23,27)(H2,24,25,26). The highest BCUT2D eigenvalue weighted by Crippen LogP contribution is 2.35. The van der Waals surface area contributed by atoms with E-state index in [1.54, 1.807) is 27.7 Å². The van der Waals surface area contributed by atoms with Crippen LogP contribution >= 0.6 is 0 Å². The van der Waals surface area contributed by atoms with Gasteiger partial charge in [-0.25, -0.2) is 4.99 Å². The summed E-state index contributed by atoms with van der Waals surface area (Å²) >= 11 is 0. The number of benzene rings is 1. The van der Waals surface area contributed by atoms with E-state index in [4.69, 9.17) is 4.74 Å². The molecule has 0 heterocycles. The molecule has 1 aromatic carbocycles. The van der Waals surface area contributed by atoms with Crippen molar-refractivity contribution in [2.45, 2.75) is 52.9 Å². The summed E-state index contributed by atoms with van der Waals surface area (Å²) in [7, 11) is 0. The number of nitrogens with one attached hydrogen (secondary N) is 3. The van der Waals surface area contributed by atoms with Crippen molar-refractivity contribution in [3.8, 4) is 5.75 Å². The van der Waals surface area contributed by atoms with E-state index >= 15 is 0 Å². The number of hydrogen-bond acceptors (Lipinski definition) is 3. The maximum absolute atomic E-state index is 13.5. The number of guanidine groups is 1. The van der Waals surface area contributed by atoms with Gasteiger partial charge in [-0.2, -0.15) is 13.2 Å². The van der Waals surface area contributed by atoms with E-state index in [0.717, 1.165) is 6.07 Å². The first-order valence-corrected chi connectivity index (χ1v) is 9.14. The van der Waals surface area contributed by atoms with E-state index in [-0.39, 0.29) is 36.3 Å². The van der Waals surface area contributed by atoms with Gasteiger partial charge in [0.05, 0.1) is 18.7 Å². The van der Waals surface area contributed by atoms with E-state index in [1.165, 1.54) is 12.1 Å². The molecule has 0 unspecified atom stereocenters. The largest absolute Gasteiger partial charge is 0.488 e. The minimum Gasteiger partial charge on any atom is -0.488 e. The van der Waals surface area contributed by atoms with Crippen LogP contribution in [0.2, 0.25) is 0 Å². The first kappa shape index (κ1) is 23.6. The SMILES string of the molecule is CCNC(=O)CNC(=NCc1ccc(OC(C)(C)C)cc1C(F)(F)F)NCC. The van der Waals surface area contributed by atoms with Crippen molar-refractivity contribution in [2.75, 3.05) is 19.6 Å². The summed E-state index contributed by atoms with van der Waals surface area (Å²) < 4.78 is 46.0. The highest BCUT2D eigenvalue weighted by atomic mass is 19.4.